The van der Waals surface area contributed by atoms with Crippen molar-refractivity contribution in [2.75, 3.05) is 0 Å². The maximum Gasteiger partial charge on any atom is 0.288 e. The Hall–Kier alpha value is -2.43. The van der Waals surface area contributed by atoms with Gasteiger partial charge >= 0.3 is 0 Å². The molecule has 0 aliphatic heterocycles. The van der Waals surface area contributed by atoms with E-state index >= 15 is 0 Å². The van der Waals surface area contributed by atoms with E-state index in [1.54, 1.807) is 6.07 Å². The summed E-state index contributed by atoms with van der Waals surface area (Å²) in [4.78, 5) is 17.4. The summed E-state index contributed by atoms with van der Waals surface area (Å²) in [5, 5.41) is 12.4. The summed E-state index contributed by atoms with van der Waals surface area (Å²) in [5.41, 5.74) is 1.62. The lowest BCUT2D eigenvalue weighted by Gasteiger charge is -1.91. The van der Waals surface area contributed by atoms with E-state index in [0.717, 1.165) is 16.3 Å². The van der Waals surface area contributed by atoms with Crippen LogP contribution in [0.4, 0.5) is 5.69 Å². The van der Waals surface area contributed by atoms with E-state index in [2.05, 4.69) is 9.97 Å². The van der Waals surface area contributed by atoms with Crippen LogP contribution in [0.2, 0.25) is 0 Å². The molecule has 5 heteroatoms. The Morgan fingerprint density at radius 2 is 2.06 bits per heavy atom. The number of hydrogen-bond donors (Lipinski definition) is 1. The van der Waals surface area contributed by atoms with E-state index in [0.29, 0.717) is 5.65 Å². The second kappa shape index (κ2) is 3.03. The van der Waals surface area contributed by atoms with Gasteiger partial charge in [-0.1, -0.05) is 18.2 Å². The van der Waals surface area contributed by atoms with Crippen LogP contribution in [0.3, 0.4) is 0 Å². The first-order valence-electron chi connectivity index (χ1n) is 4.76. The van der Waals surface area contributed by atoms with Crippen LogP contribution >= 0.6 is 0 Å². The smallest absolute Gasteiger partial charge is 0.288 e. The van der Waals surface area contributed by atoms with Crippen molar-refractivity contribution in [1.82, 2.24) is 9.97 Å². The lowest BCUT2D eigenvalue weighted by molar-refractivity contribution is -0.385. The van der Waals surface area contributed by atoms with Gasteiger partial charge in [0.05, 0.1) is 4.92 Å². The number of nitrogens with zero attached hydrogens (tertiary/aromatic N) is 2. The van der Waals surface area contributed by atoms with E-state index in [1.807, 2.05) is 24.3 Å². The molecule has 0 fully saturated rings. The largest absolute Gasteiger partial charge is 0.339 e. The standard InChI is InChI=1S/C11H7N3O2/c15-14(16)7-5-9-8-3-1-2-4-10(8)13-11(9)12-6-7/h1-6H,(H,12,13). The average Bonchev–Trinajstić information content (AvgIpc) is 2.66. The van der Waals surface area contributed by atoms with Gasteiger partial charge in [0, 0.05) is 22.4 Å². The number of aromatic nitrogens is 2. The lowest BCUT2D eigenvalue weighted by Crippen LogP contribution is -1.88. The van der Waals surface area contributed by atoms with Gasteiger partial charge < -0.3 is 4.98 Å². The highest BCUT2D eigenvalue weighted by Crippen LogP contribution is 2.26. The van der Waals surface area contributed by atoms with Gasteiger partial charge in [0.15, 0.2) is 0 Å². The van der Waals surface area contributed by atoms with Crippen molar-refractivity contribution < 1.29 is 4.92 Å². The summed E-state index contributed by atoms with van der Waals surface area (Å²) in [7, 11) is 0. The van der Waals surface area contributed by atoms with Crippen molar-refractivity contribution in [3.63, 3.8) is 0 Å². The minimum atomic E-state index is -0.436. The molecule has 0 unspecified atom stereocenters. The van der Waals surface area contributed by atoms with Gasteiger partial charge in [0.25, 0.3) is 5.69 Å². The van der Waals surface area contributed by atoms with E-state index in [9.17, 15) is 10.1 Å². The van der Waals surface area contributed by atoms with Gasteiger partial charge in [-0.25, -0.2) is 4.98 Å². The third-order valence-corrected chi connectivity index (χ3v) is 2.55. The number of aromatic amines is 1. The summed E-state index contributed by atoms with van der Waals surface area (Å²) in [6, 6.07) is 9.18. The van der Waals surface area contributed by atoms with Crippen molar-refractivity contribution in [2.24, 2.45) is 0 Å². The van der Waals surface area contributed by atoms with Gasteiger partial charge in [-0.15, -0.1) is 0 Å². The number of nitro groups is 1. The normalized spacial score (nSPS) is 11.0. The molecule has 1 N–H and O–H groups in total. The van der Waals surface area contributed by atoms with Crippen molar-refractivity contribution in [3.05, 3.63) is 46.6 Å². The summed E-state index contributed by atoms with van der Waals surface area (Å²) < 4.78 is 0. The lowest BCUT2D eigenvalue weighted by atomic mass is 10.2. The molecule has 0 aliphatic carbocycles. The molecule has 0 atom stereocenters. The Bertz CT molecular complexity index is 703. The minimum absolute atomic E-state index is 0.0113. The first-order valence-corrected chi connectivity index (χ1v) is 4.76. The number of para-hydroxylation sites is 1. The third kappa shape index (κ3) is 1.15. The van der Waals surface area contributed by atoms with Gasteiger partial charge in [-0.05, 0) is 6.07 Å². The fourth-order valence-corrected chi connectivity index (χ4v) is 1.81. The highest BCUT2D eigenvalue weighted by Gasteiger charge is 2.10. The highest BCUT2D eigenvalue weighted by atomic mass is 16.6. The average molecular weight is 213 g/mol. The Labute approximate surface area is 89.9 Å². The zero-order valence-corrected chi connectivity index (χ0v) is 8.18. The van der Waals surface area contributed by atoms with E-state index in [1.165, 1.54) is 6.20 Å². The van der Waals surface area contributed by atoms with Gasteiger partial charge in [-0.3, -0.25) is 10.1 Å². The molecule has 0 saturated heterocycles. The molecule has 0 aliphatic rings. The molecule has 78 valence electrons. The predicted octanol–water partition coefficient (Wildman–Crippen LogP) is 2.62. The van der Waals surface area contributed by atoms with Gasteiger partial charge in [0.1, 0.15) is 11.8 Å². The van der Waals surface area contributed by atoms with Crippen molar-refractivity contribution in [1.29, 1.82) is 0 Å². The van der Waals surface area contributed by atoms with Crippen molar-refractivity contribution in [2.45, 2.75) is 0 Å². The molecule has 2 aromatic heterocycles. The van der Waals surface area contributed by atoms with E-state index in [-0.39, 0.29) is 5.69 Å². The Morgan fingerprint density at radius 3 is 2.88 bits per heavy atom. The molecule has 0 saturated carbocycles. The molecule has 3 rings (SSSR count). The molecule has 16 heavy (non-hydrogen) atoms. The number of rotatable bonds is 1. The van der Waals surface area contributed by atoms with E-state index < -0.39 is 4.92 Å². The van der Waals surface area contributed by atoms with Crippen LogP contribution in [0.25, 0.3) is 21.9 Å². The minimum Gasteiger partial charge on any atom is -0.339 e. The second-order valence-electron chi connectivity index (χ2n) is 3.52. The molecule has 2 heterocycles. The first kappa shape index (κ1) is 8.84. The van der Waals surface area contributed by atoms with Crippen LogP contribution in [0.1, 0.15) is 0 Å². The molecule has 0 spiro atoms. The highest BCUT2D eigenvalue weighted by molar-refractivity contribution is 6.06. The van der Waals surface area contributed by atoms with Crippen molar-refractivity contribution >= 4 is 27.6 Å². The van der Waals surface area contributed by atoms with Gasteiger partial charge in [-0.2, -0.15) is 0 Å². The fraction of sp³-hybridized carbons (Fsp3) is 0. The molecule has 1 aromatic carbocycles. The Morgan fingerprint density at radius 1 is 1.25 bits per heavy atom. The van der Waals surface area contributed by atoms with Crippen molar-refractivity contribution in [3.8, 4) is 0 Å². The number of H-pyrrole nitrogens is 1. The maximum absolute atomic E-state index is 10.7. The molecule has 0 radical (unpaired) electrons. The molecular weight excluding hydrogens is 206 g/mol. The summed E-state index contributed by atoms with van der Waals surface area (Å²) in [6.45, 7) is 0. The number of nitrogens with one attached hydrogen (secondary N) is 1. The second-order valence-corrected chi connectivity index (χ2v) is 3.52. The molecule has 0 amide bonds. The third-order valence-electron chi connectivity index (χ3n) is 2.55. The first-order chi connectivity index (χ1) is 7.75. The van der Waals surface area contributed by atoms with Crippen LogP contribution < -0.4 is 0 Å². The van der Waals surface area contributed by atoms with E-state index in [4.69, 9.17) is 0 Å². The molecule has 3 aromatic rings. The zero-order valence-electron chi connectivity index (χ0n) is 8.18. The maximum atomic E-state index is 10.7. The quantitative estimate of drug-likeness (QED) is 0.498. The van der Waals surface area contributed by atoms with Crippen LogP contribution in [0.5, 0.6) is 0 Å². The van der Waals surface area contributed by atoms with Gasteiger partial charge in [0.2, 0.25) is 0 Å². The van der Waals surface area contributed by atoms with Crippen LogP contribution in [0.15, 0.2) is 36.5 Å². The molecule has 0 bridgehead atoms. The Kier molecular flexibility index (Phi) is 1.67. The number of fused-ring (bicyclic) bond motifs is 3. The summed E-state index contributed by atoms with van der Waals surface area (Å²) in [5.74, 6) is 0. The fourth-order valence-electron chi connectivity index (χ4n) is 1.81. The molecular formula is C11H7N3O2. The van der Waals surface area contributed by atoms with Crippen LogP contribution in [0, 0.1) is 10.1 Å². The number of pyridine rings is 1. The summed E-state index contributed by atoms with van der Waals surface area (Å²) >= 11 is 0. The number of benzene rings is 1. The SMILES string of the molecule is O=[N+]([O-])c1cnc2[nH]c3ccccc3c2c1. The van der Waals surface area contributed by atoms with Crippen LogP contribution in [-0.2, 0) is 0 Å². The summed E-state index contributed by atoms with van der Waals surface area (Å²) in [6.07, 6.45) is 1.26. The molecule has 5 nitrogen and oxygen atoms in total. The number of hydrogen-bond acceptors (Lipinski definition) is 3. The zero-order chi connectivity index (χ0) is 11.1. The Balaban J connectivity index is 2.44. The van der Waals surface area contributed by atoms with Crippen LogP contribution in [-0.4, -0.2) is 14.9 Å². The monoisotopic (exact) mass is 213 g/mol. The predicted molar refractivity (Wildman–Crippen MR) is 60.3 cm³/mol. The topological polar surface area (TPSA) is 71.8 Å².